The molecule has 0 spiro atoms. The summed E-state index contributed by atoms with van der Waals surface area (Å²) in [6.45, 7) is 6.46. The minimum absolute atomic E-state index is 0.0479. The van der Waals surface area contributed by atoms with E-state index in [1.54, 1.807) is 4.90 Å². The first kappa shape index (κ1) is 16.8. The van der Waals surface area contributed by atoms with Gasteiger partial charge in [0.05, 0.1) is 12.7 Å². The van der Waals surface area contributed by atoms with Crippen LogP contribution in [0.5, 0.6) is 0 Å². The molecule has 0 aromatic rings. The summed E-state index contributed by atoms with van der Waals surface area (Å²) in [5, 5.41) is 11.6. The molecule has 2 amide bonds. The third-order valence-corrected chi connectivity index (χ3v) is 3.70. The second-order valence-electron chi connectivity index (χ2n) is 5.35. The van der Waals surface area contributed by atoms with E-state index in [1.807, 2.05) is 6.92 Å². The lowest BCUT2D eigenvalue weighted by atomic mass is 9.97. The molecule has 6 heteroatoms. The minimum Gasteiger partial charge on any atom is -0.481 e. The molecule has 1 saturated heterocycles. The van der Waals surface area contributed by atoms with Crippen LogP contribution in [0.1, 0.15) is 39.5 Å². The Bertz CT molecular complexity index is 322. The van der Waals surface area contributed by atoms with Gasteiger partial charge in [-0.2, -0.15) is 0 Å². The second-order valence-corrected chi connectivity index (χ2v) is 5.35. The second kappa shape index (κ2) is 8.79. The largest absolute Gasteiger partial charge is 0.481 e. The lowest BCUT2D eigenvalue weighted by molar-refractivity contribution is -0.137. The molecule has 0 bridgehead atoms. The third kappa shape index (κ3) is 6.23. The van der Waals surface area contributed by atoms with Crippen molar-refractivity contribution < 1.29 is 19.4 Å². The summed E-state index contributed by atoms with van der Waals surface area (Å²) < 4.78 is 5.40. The predicted molar refractivity (Wildman–Crippen MR) is 75.7 cm³/mol. The average Bonchev–Trinajstić information content (AvgIpc) is 2.42. The number of morpholine rings is 1. The van der Waals surface area contributed by atoms with Gasteiger partial charge in [-0.15, -0.1) is 0 Å². The van der Waals surface area contributed by atoms with Crippen LogP contribution >= 0.6 is 0 Å². The van der Waals surface area contributed by atoms with Crippen molar-refractivity contribution in [2.45, 2.75) is 45.6 Å². The van der Waals surface area contributed by atoms with Crippen molar-refractivity contribution in [2.24, 2.45) is 5.92 Å². The molecule has 0 saturated carbocycles. The van der Waals surface area contributed by atoms with Crippen molar-refractivity contribution in [2.75, 3.05) is 26.2 Å². The highest BCUT2D eigenvalue weighted by Crippen LogP contribution is 2.14. The number of hydrogen-bond acceptors (Lipinski definition) is 3. The first-order valence-corrected chi connectivity index (χ1v) is 7.39. The van der Waals surface area contributed by atoms with Crippen LogP contribution in [0, 0.1) is 5.92 Å². The number of carbonyl (C=O) groups excluding carboxylic acids is 1. The van der Waals surface area contributed by atoms with Gasteiger partial charge in [-0.3, -0.25) is 4.79 Å². The number of carboxylic acid groups (broad SMARTS) is 1. The topological polar surface area (TPSA) is 78.9 Å². The van der Waals surface area contributed by atoms with E-state index in [0.29, 0.717) is 38.6 Å². The molecule has 1 fully saturated rings. The van der Waals surface area contributed by atoms with Gasteiger partial charge in [0.15, 0.2) is 0 Å². The first-order chi connectivity index (χ1) is 9.52. The zero-order valence-electron chi connectivity index (χ0n) is 12.4. The van der Waals surface area contributed by atoms with Gasteiger partial charge < -0.3 is 20.1 Å². The first-order valence-electron chi connectivity index (χ1n) is 7.39. The van der Waals surface area contributed by atoms with Gasteiger partial charge in [0.2, 0.25) is 0 Å². The van der Waals surface area contributed by atoms with Crippen LogP contribution < -0.4 is 5.32 Å². The Kier molecular flexibility index (Phi) is 7.36. The SMILES string of the molecule is CCC(CCNC(=O)N1CCOC(C)C1)CCC(=O)O. The fourth-order valence-corrected chi connectivity index (χ4v) is 2.38. The van der Waals surface area contributed by atoms with Gasteiger partial charge in [0, 0.05) is 26.1 Å². The summed E-state index contributed by atoms with van der Waals surface area (Å²) in [6, 6.07) is -0.0479. The molecular formula is C14H26N2O4. The number of ether oxygens (including phenoxy) is 1. The van der Waals surface area contributed by atoms with Crippen molar-refractivity contribution in [1.82, 2.24) is 10.2 Å². The van der Waals surface area contributed by atoms with E-state index < -0.39 is 5.97 Å². The smallest absolute Gasteiger partial charge is 0.317 e. The molecule has 1 aliphatic heterocycles. The van der Waals surface area contributed by atoms with Crippen molar-refractivity contribution in [3.8, 4) is 0 Å². The summed E-state index contributed by atoms with van der Waals surface area (Å²) in [4.78, 5) is 24.3. The maximum absolute atomic E-state index is 11.9. The molecule has 2 atom stereocenters. The van der Waals surface area contributed by atoms with E-state index in [1.165, 1.54) is 0 Å². The summed E-state index contributed by atoms with van der Waals surface area (Å²) in [6.07, 6.45) is 2.74. The summed E-state index contributed by atoms with van der Waals surface area (Å²) in [7, 11) is 0. The highest BCUT2D eigenvalue weighted by atomic mass is 16.5. The molecule has 20 heavy (non-hydrogen) atoms. The number of urea groups is 1. The Labute approximate surface area is 120 Å². The van der Waals surface area contributed by atoms with Crippen LogP contribution in [0.15, 0.2) is 0 Å². The highest BCUT2D eigenvalue weighted by molar-refractivity contribution is 5.74. The Hall–Kier alpha value is -1.30. The van der Waals surface area contributed by atoms with Crippen LogP contribution in [0.4, 0.5) is 4.79 Å². The summed E-state index contributed by atoms with van der Waals surface area (Å²) in [5.41, 5.74) is 0. The Morgan fingerprint density at radius 2 is 2.20 bits per heavy atom. The number of nitrogens with one attached hydrogen (secondary N) is 1. The lowest BCUT2D eigenvalue weighted by Gasteiger charge is -2.31. The molecule has 1 rings (SSSR count). The van der Waals surface area contributed by atoms with Crippen LogP contribution in [-0.2, 0) is 9.53 Å². The van der Waals surface area contributed by atoms with Crippen LogP contribution in [-0.4, -0.2) is 54.4 Å². The molecule has 1 aliphatic rings. The molecule has 2 N–H and O–H groups in total. The number of carboxylic acids is 1. The summed E-state index contributed by atoms with van der Waals surface area (Å²) in [5.74, 6) is -0.398. The van der Waals surface area contributed by atoms with Crippen molar-refractivity contribution >= 4 is 12.0 Å². The number of rotatable bonds is 7. The Morgan fingerprint density at radius 1 is 1.45 bits per heavy atom. The van der Waals surface area contributed by atoms with E-state index in [0.717, 1.165) is 12.8 Å². The molecule has 0 radical (unpaired) electrons. The molecule has 1 heterocycles. The average molecular weight is 286 g/mol. The van der Waals surface area contributed by atoms with Crippen LogP contribution in [0.25, 0.3) is 0 Å². The minimum atomic E-state index is -0.755. The predicted octanol–water partition coefficient (Wildman–Crippen LogP) is 1.70. The molecule has 2 unspecified atom stereocenters. The van der Waals surface area contributed by atoms with Gasteiger partial charge in [0.25, 0.3) is 0 Å². The van der Waals surface area contributed by atoms with Gasteiger partial charge in [-0.05, 0) is 25.7 Å². The molecule has 6 nitrogen and oxygen atoms in total. The monoisotopic (exact) mass is 286 g/mol. The number of aliphatic carboxylic acids is 1. The van der Waals surface area contributed by atoms with Crippen LogP contribution in [0.3, 0.4) is 0 Å². The maximum atomic E-state index is 11.9. The Balaban J connectivity index is 2.21. The molecule has 116 valence electrons. The molecular weight excluding hydrogens is 260 g/mol. The fourth-order valence-electron chi connectivity index (χ4n) is 2.38. The van der Waals surface area contributed by atoms with Gasteiger partial charge in [0.1, 0.15) is 0 Å². The number of nitrogens with zero attached hydrogens (tertiary/aromatic N) is 1. The number of amides is 2. The maximum Gasteiger partial charge on any atom is 0.317 e. The zero-order valence-corrected chi connectivity index (χ0v) is 12.4. The quantitative estimate of drug-likeness (QED) is 0.746. The molecule has 0 aromatic carbocycles. The van der Waals surface area contributed by atoms with E-state index in [4.69, 9.17) is 9.84 Å². The highest BCUT2D eigenvalue weighted by Gasteiger charge is 2.21. The standard InChI is InChI=1S/C14H26N2O4/c1-3-12(4-5-13(17)18)6-7-15-14(19)16-8-9-20-11(2)10-16/h11-12H,3-10H2,1-2H3,(H,15,19)(H,17,18). The van der Waals surface area contributed by atoms with Gasteiger partial charge in [-0.25, -0.2) is 4.79 Å². The molecule has 0 aromatic heterocycles. The van der Waals surface area contributed by atoms with Crippen molar-refractivity contribution in [3.05, 3.63) is 0 Å². The third-order valence-electron chi connectivity index (χ3n) is 3.70. The van der Waals surface area contributed by atoms with Crippen molar-refractivity contribution in [3.63, 3.8) is 0 Å². The lowest BCUT2D eigenvalue weighted by Crippen LogP contribution is -2.49. The van der Waals surface area contributed by atoms with E-state index >= 15 is 0 Å². The van der Waals surface area contributed by atoms with E-state index in [2.05, 4.69) is 12.2 Å². The van der Waals surface area contributed by atoms with Crippen molar-refractivity contribution in [1.29, 1.82) is 0 Å². The van der Waals surface area contributed by atoms with Gasteiger partial charge in [-0.1, -0.05) is 13.3 Å². The Morgan fingerprint density at radius 3 is 2.80 bits per heavy atom. The normalized spacial score (nSPS) is 20.5. The van der Waals surface area contributed by atoms with Crippen LogP contribution in [0.2, 0.25) is 0 Å². The van der Waals surface area contributed by atoms with E-state index in [9.17, 15) is 9.59 Å². The fraction of sp³-hybridized carbons (Fsp3) is 0.857. The van der Waals surface area contributed by atoms with E-state index in [-0.39, 0.29) is 18.6 Å². The van der Waals surface area contributed by atoms with Gasteiger partial charge >= 0.3 is 12.0 Å². The zero-order chi connectivity index (χ0) is 15.0. The number of hydrogen-bond donors (Lipinski definition) is 2. The summed E-state index contributed by atoms with van der Waals surface area (Å²) >= 11 is 0. The number of carbonyl (C=O) groups is 2. The molecule has 0 aliphatic carbocycles.